The summed E-state index contributed by atoms with van der Waals surface area (Å²) in [6.07, 6.45) is 2.70. The number of rotatable bonds is 14. The van der Waals surface area contributed by atoms with Gasteiger partial charge in [-0.1, -0.05) is 0 Å². The van der Waals surface area contributed by atoms with E-state index in [2.05, 4.69) is 26.3 Å². The van der Waals surface area contributed by atoms with E-state index >= 15 is 13.2 Å². The highest BCUT2D eigenvalue weighted by atomic mass is 19.3. The number of fused-ring (bicyclic) bond motifs is 2. The Morgan fingerprint density at radius 2 is 1.49 bits per heavy atom. The Balaban J connectivity index is 0.713. The molecule has 17 nitrogen and oxygen atoms in total. The number of imide groups is 1. The van der Waals surface area contributed by atoms with Crippen LogP contribution in [0.25, 0.3) is 10.9 Å². The molecule has 5 aliphatic rings. The number of nitrogens with one attached hydrogen (secondary N) is 4. The number of nitrogens with zero attached hydrogens (tertiary/aromatic N) is 5. The third-order valence-corrected chi connectivity index (χ3v) is 14.4. The lowest BCUT2D eigenvalue weighted by atomic mass is 9.91. The number of hydrogen-bond acceptors (Lipinski definition) is 12. The molecule has 0 bridgehead atoms. The molecular weight excluding hydrogens is 955 g/mol. The van der Waals surface area contributed by atoms with E-state index in [1.54, 1.807) is 53.6 Å². The molecule has 380 valence electrons. The van der Waals surface area contributed by atoms with Crippen LogP contribution in [0.4, 0.5) is 40.3 Å². The normalized spacial score (nSPS) is 20.5. The summed E-state index contributed by atoms with van der Waals surface area (Å²) in [7, 11) is 1.47. The number of carbonyl (C=O) groups is 6. The van der Waals surface area contributed by atoms with Gasteiger partial charge >= 0.3 is 0 Å². The molecule has 1 saturated carbocycles. The van der Waals surface area contributed by atoms with E-state index in [1.165, 1.54) is 42.3 Å². The van der Waals surface area contributed by atoms with E-state index in [4.69, 9.17) is 9.47 Å². The molecule has 1 unspecified atom stereocenters. The van der Waals surface area contributed by atoms with Gasteiger partial charge in [-0.05, 0) is 105 Å². The number of benzene rings is 4. The Bertz CT molecular complexity index is 3020. The number of alkyl halides is 2. The first kappa shape index (κ1) is 49.0. The predicted octanol–water partition coefficient (Wildman–Crippen LogP) is 6.15. The molecule has 6 amide bonds. The fraction of sp³-hybridized carbons (Fsp3) is 0.365. The van der Waals surface area contributed by atoms with Gasteiger partial charge in [-0.3, -0.25) is 44.0 Å². The molecular formula is C52H51F4N9O8. The summed E-state index contributed by atoms with van der Waals surface area (Å²) in [6.45, 7) is 1.43. The number of anilines is 4. The highest BCUT2D eigenvalue weighted by Gasteiger charge is 2.56. The Labute approximate surface area is 416 Å². The zero-order chi connectivity index (χ0) is 51.2. The molecule has 4 aromatic carbocycles. The van der Waals surface area contributed by atoms with Crippen LogP contribution < -0.4 is 35.6 Å². The van der Waals surface area contributed by atoms with Crippen LogP contribution in [0.5, 0.6) is 17.2 Å². The van der Waals surface area contributed by atoms with Gasteiger partial charge in [0.25, 0.3) is 11.8 Å². The van der Waals surface area contributed by atoms with E-state index in [1.807, 2.05) is 9.80 Å². The second-order valence-electron chi connectivity index (χ2n) is 19.1. The van der Waals surface area contributed by atoms with E-state index in [-0.39, 0.29) is 55.7 Å². The Morgan fingerprint density at radius 1 is 0.808 bits per heavy atom. The van der Waals surface area contributed by atoms with Gasteiger partial charge in [-0.15, -0.1) is 0 Å². The van der Waals surface area contributed by atoms with Crippen molar-refractivity contribution in [2.75, 3.05) is 80.3 Å². The first-order valence-electron chi connectivity index (χ1n) is 24.0. The number of amides is 6. The van der Waals surface area contributed by atoms with Crippen LogP contribution in [0.3, 0.4) is 0 Å². The minimum atomic E-state index is -3.07. The van der Waals surface area contributed by atoms with E-state index < -0.39 is 76.9 Å². The van der Waals surface area contributed by atoms with Gasteiger partial charge in [-0.2, -0.15) is 0 Å². The Kier molecular flexibility index (Phi) is 13.2. The molecule has 3 saturated heterocycles. The molecule has 21 heteroatoms. The minimum Gasteiger partial charge on any atom is -0.495 e. The van der Waals surface area contributed by atoms with Crippen molar-refractivity contribution in [3.05, 3.63) is 108 Å². The van der Waals surface area contributed by atoms with Gasteiger partial charge in [0.2, 0.25) is 29.5 Å². The molecule has 0 radical (unpaired) electrons. The van der Waals surface area contributed by atoms with Crippen molar-refractivity contribution in [3.8, 4) is 17.2 Å². The molecule has 5 heterocycles. The molecule has 4 aliphatic heterocycles. The molecule has 10 rings (SSSR count). The van der Waals surface area contributed by atoms with E-state index in [9.17, 15) is 33.2 Å². The standard InChI is InChI=1S/C52H51F4N9O8/c1-72-43-24-36-39(57-18-14-42(36)73-34-8-6-33(7-9-34)59-50(71)51(16-17-51)49(70)58-32-4-2-31(53)3-5-32)25-41(43)64-19-15-30(52(55,56)29-64)26-62-20-22-63(23-21-62)28-45(67)60-46-37-27-65(40-12-13-44(66)61-47(40)68)48(69)35(37)10-11-38(46)54/h2-11,14,18,24-25,30,40H,12-13,15-17,19-23,26-29H2,1H3,(H,58,70)(H,59,71)(H,60,67)(H,61,66,68)/t30?,40-/m0/s1. The number of piperazine rings is 1. The first-order chi connectivity index (χ1) is 35.1. The number of methoxy groups -OCH3 is 1. The maximum atomic E-state index is 16.1. The topological polar surface area (TPSA) is 195 Å². The largest absolute Gasteiger partial charge is 0.495 e. The van der Waals surface area contributed by atoms with Crippen LogP contribution in [0.15, 0.2) is 85.1 Å². The molecule has 4 N–H and O–H groups in total. The van der Waals surface area contributed by atoms with Crippen LogP contribution in [0.2, 0.25) is 0 Å². The second kappa shape index (κ2) is 19.8. The predicted molar refractivity (Wildman–Crippen MR) is 259 cm³/mol. The molecule has 73 heavy (non-hydrogen) atoms. The quantitative estimate of drug-likeness (QED) is 0.0564. The highest BCUT2D eigenvalue weighted by molar-refractivity contribution is 6.17. The molecule has 1 aliphatic carbocycles. The number of aromatic nitrogens is 1. The summed E-state index contributed by atoms with van der Waals surface area (Å²) in [5.41, 5.74) is 0.830. The number of halogens is 4. The summed E-state index contributed by atoms with van der Waals surface area (Å²) < 4.78 is 72.7. The van der Waals surface area contributed by atoms with Gasteiger partial charge in [0.05, 0.1) is 37.1 Å². The average molecular weight is 1010 g/mol. The molecule has 4 fully saturated rings. The third kappa shape index (κ3) is 10.1. The summed E-state index contributed by atoms with van der Waals surface area (Å²) in [4.78, 5) is 88.1. The zero-order valence-corrected chi connectivity index (χ0v) is 39.7. The van der Waals surface area contributed by atoms with Crippen LogP contribution in [-0.4, -0.2) is 127 Å². The van der Waals surface area contributed by atoms with Gasteiger partial charge in [-0.25, -0.2) is 17.6 Å². The number of ether oxygens (including phenoxy) is 2. The van der Waals surface area contributed by atoms with Crippen LogP contribution in [0.1, 0.15) is 48.0 Å². The summed E-state index contributed by atoms with van der Waals surface area (Å²) in [5, 5.41) is 10.9. The SMILES string of the molecule is COc1cc2c(Oc3ccc(NC(=O)C4(C(=O)Nc5ccc(F)cc5)CC4)cc3)ccnc2cc1N1CCC(CN2CCN(CC(=O)Nc3c(F)ccc4c3CN([C@H]3CCC(=O)NC3=O)C4=O)CC2)C(F)(F)C1. The van der Waals surface area contributed by atoms with Crippen molar-refractivity contribution in [3.63, 3.8) is 0 Å². The number of hydrogen-bond donors (Lipinski definition) is 4. The van der Waals surface area contributed by atoms with Crippen molar-refractivity contribution < 1.29 is 55.8 Å². The zero-order valence-electron chi connectivity index (χ0n) is 39.7. The Morgan fingerprint density at radius 3 is 2.15 bits per heavy atom. The molecule has 5 aromatic rings. The maximum Gasteiger partial charge on any atom is 0.269 e. The third-order valence-electron chi connectivity index (χ3n) is 14.4. The van der Waals surface area contributed by atoms with E-state index in [0.717, 1.165) is 6.07 Å². The van der Waals surface area contributed by atoms with Crippen LogP contribution in [-0.2, 0) is 30.5 Å². The number of piperidine rings is 2. The maximum absolute atomic E-state index is 16.1. The Hall–Kier alpha value is -7.65. The molecule has 2 atom stereocenters. The van der Waals surface area contributed by atoms with Crippen molar-refractivity contribution in [2.24, 2.45) is 11.3 Å². The lowest BCUT2D eigenvalue weighted by Gasteiger charge is -2.43. The first-order valence-corrected chi connectivity index (χ1v) is 24.0. The smallest absolute Gasteiger partial charge is 0.269 e. The summed E-state index contributed by atoms with van der Waals surface area (Å²) in [6, 6.07) is 18.5. The van der Waals surface area contributed by atoms with E-state index in [0.29, 0.717) is 90.8 Å². The number of pyridine rings is 1. The van der Waals surface area contributed by atoms with Gasteiger partial charge < -0.3 is 40.1 Å². The second-order valence-corrected chi connectivity index (χ2v) is 19.1. The van der Waals surface area contributed by atoms with Gasteiger partial charge in [0.1, 0.15) is 40.3 Å². The van der Waals surface area contributed by atoms with Crippen molar-refractivity contribution >= 4 is 69.1 Å². The van der Waals surface area contributed by atoms with Crippen molar-refractivity contribution in [1.29, 1.82) is 0 Å². The molecule has 1 aromatic heterocycles. The molecule has 0 spiro atoms. The average Bonchev–Trinajstić information content (AvgIpc) is 4.13. The fourth-order valence-corrected chi connectivity index (χ4v) is 10.1. The highest BCUT2D eigenvalue weighted by Crippen LogP contribution is 2.48. The summed E-state index contributed by atoms with van der Waals surface area (Å²) in [5.74, 6) is -6.92. The van der Waals surface area contributed by atoms with Crippen molar-refractivity contribution in [2.45, 2.75) is 50.6 Å². The van der Waals surface area contributed by atoms with Gasteiger partial charge in [0, 0.05) is 92.2 Å². The summed E-state index contributed by atoms with van der Waals surface area (Å²) >= 11 is 0. The van der Waals surface area contributed by atoms with Crippen molar-refractivity contribution in [1.82, 2.24) is 25.0 Å². The van der Waals surface area contributed by atoms with Crippen LogP contribution >= 0.6 is 0 Å². The van der Waals surface area contributed by atoms with Gasteiger partial charge in [0.15, 0.2) is 0 Å². The van der Waals surface area contributed by atoms with Crippen LogP contribution in [0, 0.1) is 23.0 Å². The lowest BCUT2D eigenvalue weighted by Crippen LogP contribution is -2.55. The lowest BCUT2D eigenvalue weighted by molar-refractivity contribution is -0.137. The monoisotopic (exact) mass is 1010 g/mol. The number of carbonyl (C=O) groups excluding carboxylic acids is 6. The fourth-order valence-electron chi connectivity index (χ4n) is 10.1. The minimum absolute atomic E-state index is 0.0626.